The van der Waals surface area contributed by atoms with E-state index in [4.69, 9.17) is 76.1 Å². The number of carboxylic acids is 3. The molecule has 0 aliphatic rings. The molecule has 0 saturated carbocycles. The van der Waals surface area contributed by atoms with E-state index in [9.17, 15) is 32.4 Å². The number of ether oxygens (including phenoxy) is 2. The molecule has 0 radical (unpaired) electrons. The van der Waals surface area contributed by atoms with Crippen molar-refractivity contribution < 1.29 is 57.2 Å². The van der Waals surface area contributed by atoms with Gasteiger partial charge in [0.15, 0.2) is 0 Å². The summed E-state index contributed by atoms with van der Waals surface area (Å²) in [7, 11) is -3.90. The molecular weight excluding hydrogens is 829 g/mol. The van der Waals surface area contributed by atoms with Crippen LogP contribution in [-0.2, 0) is 34.1 Å². The summed E-state index contributed by atoms with van der Waals surface area (Å²) in [5.41, 5.74) is 32.6. The molecule has 0 bridgehead atoms. The molecule has 3 atom stereocenters. The lowest BCUT2D eigenvalue weighted by Crippen LogP contribution is -2.44. The molecule has 9 N–H and O–H groups in total. The molecule has 0 saturated heterocycles. The van der Waals surface area contributed by atoms with Gasteiger partial charge in [0.1, 0.15) is 35.7 Å². The van der Waals surface area contributed by atoms with Crippen LogP contribution in [0.25, 0.3) is 31.3 Å². The van der Waals surface area contributed by atoms with E-state index in [1.165, 1.54) is 12.4 Å². The molecule has 57 heavy (non-hydrogen) atoms. The van der Waals surface area contributed by atoms with Crippen LogP contribution in [-0.4, -0.2) is 117 Å². The number of carboxylic acid groups (broad SMARTS) is 3. The second kappa shape index (κ2) is 33.8. The Balaban J connectivity index is -0.000000208. The first-order valence-electron chi connectivity index (χ1n) is 15.3. The van der Waals surface area contributed by atoms with Crippen LogP contribution >= 0.6 is 23.2 Å². The lowest BCUT2D eigenvalue weighted by Gasteiger charge is -2.21. The number of hydrogen-bond donors (Lipinski definition) is 7. The first-order chi connectivity index (χ1) is 25.8. The predicted octanol–water partition coefficient (Wildman–Crippen LogP) is 4.42. The molecule has 1 aromatic rings. The molecule has 0 aliphatic carbocycles. The quantitative estimate of drug-likeness (QED) is 0.0555. The van der Waals surface area contributed by atoms with Gasteiger partial charge in [0.2, 0.25) is 0 Å². The number of carbonyl (C=O) groups excluding carboxylic acids is 2. The van der Waals surface area contributed by atoms with Crippen molar-refractivity contribution in [1.82, 2.24) is 19.6 Å². The van der Waals surface area contributed by atoms with Crippen LogP contribution in [0.2, 0.25) is 0 Å². The Bertz CT molecular complexity index is 1590. The van der Waals surface area contributed by atoms with Crippen molar-refractivity contribution in [3.63, 3.8) is 0 Å². The Morgan fingerprint density at radius 1 is 0.825 bits per heavy atom. The minimum atomic E-state index is -3.90. The number of aromatic nitrogens is 2. The van der Waals surface area contributed by atoms with Crippen LogP contribution in [0.4, 0.5) is 9.59 Å². The fourth-order valence-corrected chi connectivity index (χ4v) is 3.21. The molecule has 1 aromatic heterocycles. The van der Waals surface area contributed by atoms with Crippen LogP contribution in [0.1, 0.15) is 68.2 Å². The van der Waals surface area contributed by atoms with Crippen LogP contribution in [0.15, 0.2) is 33.5 Å². The Morgan fingerprint density at radius 3 is 1.53 bits per heavy atom. The zero-order valence-corrected chi connectivity index (χ0v) is 33.5. The maximum absolute atomic E-state index is 11.3. The normalized spacial score (nSPS) is 11.5. The Kier molecular flexibility index (Phi) is 36.1. The van der Waals surface area contributed by atoms with E-state index >= 15 is 0 Å². The molecular formula is C27H51Cl2N15O12S. The van der Waals surface area contributed by atoms with Gasteiger partial charge in [-0.2, -0.15) is 8.42 Å². The number of amides is 2. The number of nitrogens with two attached hydrogens (primary N) is 2. The first kappa shape index (κ1) is 60.8. The third kappa shape index (κ3) is 40.0. The summed E-state index contributed by atoms with van der Waals surface area (Å²) in [6, 6.07) is -3.05. The lowest BCUT2D eigenvalue weighted by molar-refractivity contribution is -0.140. The summed E-state index contributed by atoms with van der Waals surface area (Å²) in [6.45, 7) is 10.4. The summed E-state index contributed by atoms with van der Waals surface area (Å²) in [5.74, 6) is -3.40. The number of azide groups is 3. The highest BCUT2D eigenvalue weighted by atomic mass is 35.5. The number of hydrogen-bond acceptors (Lipinski definition) is 14. The lowest BCUT2D eigenvalue weighted by atomic mass is 10.2. The van der Waals surface area contributed by atoms with Crippen molar-refractivity contribution in [1.29, 1.82) is 0 Å². The van der Waals surface area contributed by atoms with E-state index in [1.807, 2.05) is 0 Å². The van der Waals surface area contributed by atoms with Crippen LogP contribution in [0.5, 0.6) is 0 Å². The summed E-state index contributed by atoms with van der Waals surface area (Å²) in [4.78, 5) is 64.6. The number of alkyl halides is 2. The fourth-order valence-electron chi connectivity index (χ4n) is 2.65. The highest BCUT2D eigenvalue weighted by molar-refractivity contribution is 7.88. The zero-order chi connectivity index (χ0) is 44.5. The van der Waals surface area contributed by atoms with Gasteiger partial charge < -0.3 is 46.9 Å². The Morgan fingerprint density at radius 2 is 1.23 bits per heavy atom. The van der Waals surface area contributed by atoms with Gasteiger partial charge >= 0.3 is 40.3 Å². The number of carbonyl (C=O) groups is 5. The highest BCUT2D eigenvalue weighted by Crippen LogP contribution is 2.08. The van der Waals surface area contributed by atoms with E-state index in [-0.39, 0.29) is 51.7 Å². The van der Waals surface area contributed by atoms with Gasteiger partial charge in [-0.05, 0) is 83.9 Å². The molecule has 326 valence electrons. The maximum atomic E-state index is 11.3. The van der Waals surface area contributed by atoms with Gasteiger partial charge in [-0.1, -0.05) is 17.7 Å². The van der Waals surface area contributed by atoms with Crippen molar-refractivity contribution in [2.45, 2.75) is 97.6 Å². The van der Waals surface area contributed by atoms with E-state index < -0.39 is 69.6 Å². The van der Waals surface area contributed by atoms with Crippen LogP contribution < -0.4 is 22.1 Å². The summed E-state index contributed by atoms with van der Waals surface area (Å²) < 4.78 is 34.7. The van der Waals surface area contributed by atoms with Gasteiger partial charge in [-0.3, -0.25) is 4.79 Å². The molecule has 2 amide bonds. The average molecular weight is 881 g/mol. The van der Waals surface area contributed by atoms with Gasteiger partial charge in [0, 0.05) is 40.2 Å². The minimum absolute atomic E-state index is 0. The van der Waals surface area contributed by atoms with Gasteiger partial charge in [0.25, 0.3) is 0 Å². The third-order valence-electron chi connectivity index (χ3n) is 4.82. The molecule has 0 aromatic carbocycles. The summed E-state index contributed by atoms with van der Waals surface area (Å²) in [5, 5.41) is 36.7. The Labute approximate surface area is 338 Å². The topological polar surface area (TPSA) is 439 Å². The van der Waals surface area contributed by atoms with Crippen LogP contribution in [0, 0.1) is 0 Å². The van der Waals surface area contributed by atoms with E-state index in [0.29, 0.717) is 3.97 Å². The zero-order valence-electron chi connectivity index (χ0n) is 31.2. The van der Waals surface area contributed by atoms with Gasteiger partial charge in [-0.15, -0.1) is 23.2 Å². The monoisotopic (exact) mass is 879 g/mol. The standard InChI is InChI=1S/C9H16N4O4.C9H18N2O4.C4H8N4O2.C3H3N5O2S.CH2Cl2.CH4/c1-9(2,3)17-8(16)12-6(7(14)15)4-5-11-13-10;1-9(2,3)15-8(14)11-6(4-5-10)7(12)13;5-3(4(9)10)1-2-7-8-6;4-6-7-11(9,10)8-2-1-5-3-8;2-1-3;/h6H,4-5H2,1-3H3,(H,12,16)(H,14,15);6H,4-5,10H2,1-3H3,(H,11,14)(H,12,13);3H,1-2,5H2,(H,9,10);1-3H;1H2;1H4/t2*6-;3-;;;/m000.../s1. The number of imidazole rings is 1. The third-order valence-corrected chi connectivity index (χ3v) is 5.85. The molecule has 1 rings (SSSR count). The number of halogens is 2. The maximum Gasteiger partial charge on any atom is 0.408 e. The number of alkyl carbamates (subject to hydrolysis) is 2. The van der Waals surface area contributed by atoms with Crippen molar-refractivity contribution in [2.24, 2.45) is 26.2 Å². The average Bonchev–Trinajstić information content (AvgIpc) is 3.60. The highest BCUT2D eigenvalue weighted by Gasteiger charge is 2.24. The number of aliphatic carboxylic acids is 3. The fraction of sp³-hybridized carbons (Fsp3) is 0.704. The van der Waals surface area contributed by atoms with Crippen LogP contribution in [0.3, 0.4) is 0 Å². The van der Waals surface area contributed by atoms with E-state index in [2.05, 4.69) is 45.1 Å². The smallest absolute Gasteiger partial charge is 0.408 e. The molecule has 0 unspecified atom stereocenters. The van der Waals surface area contributed by atoms with Gasteiger partial charge in [0.05, 0.1) is 9.86 Å². The summed E-state index contributed by atoms with van der Waals surface area (Å²) in [6.07, 6.45) is 2.28. The molecule has 30 heteroatoms. The summed E-state index contributed by atoms with van der Waals surface area (Å²) >= 11 is 9.53. The second-order valence-electron chi connectivity index (χ2n) is 11.7. The predicted molar refractivity (Wildman–Crippen MR) is 207 cm³/mol. The molecule has 1 heterocycles. The van der Waals surface area contributed by atoms with Crippen molar-refractivity contribution in [3.8, 4) is 0 Å². The Hall–Kier alpha value is -5.46. The largest absolute Gasteiger partial charge is 0.480 e. The molecule has 0 spiro atoms. The van der Waals surface area contributed by atoms with Crippen molar-refractivity contribution in [2.75, 3.05) is 25.0 Å². The number of nitrogens with one attached hydrogen (secondary N) is 2. The minimum Gasteiger partial charge on any atom is -0.480 e. The SMILES string of the molecule is C.CC(C)(C)OC(=O)N[C@@H](CCN)C(=O)O.CC(C)(C)OC(=O)N[C@@H](CCN=[N+]=[N-])C(=O)O.ClCCl.[N-]=[N+]=NCC[C@H](N)C(=O)O.[N-]=[N+]=NS(=O)(=O)n1ccnc1. The van der Waals surface area contributed by atoms with Crippen molar-refractivity contribution in [3.05, 3.63) is 50.0 Å². The number of nitrogens with zero attached hydrogens (tertiary/aromatic N) is 11. The first-order valence-corrected chi connectivity index (χ1v) is 17.8. The molecule has 0 aliphatic heterocycles. The van der Waals surface area contributed by atoms with E-state index in [0.717, 1.165) is 6.33 Å². The van der Waals surface area contributed by atoms with Crippen molar-refractivity contribution >= 4 is 63.5 Å². The second-order valence-corrected chi connectivity index (χ2v) is 14.0. The van der Waals surface area contributed by atoms with E-state index in [1.54, 1.807) is 41.5 Å². The number of rotatable bonds is 15. The van der Waals surface area contributed by atoms with Gasteiger partial charge in [-0.25, -0.2) is 28.1 Å². The molecule has 0 fully saturated rings. The molecule has 27 nitrogen and oxygen atoms in total.